The van der Waals surface area contributed by atoms with Gasteiger partial charge in [-0.1, -0.05) is 54.1 Å². The third-order valence-electron chi connectivity index (χ3n) is 5.41. The second kappa shape index (κ2) is 10.3. The SMILES string of the molecule is O=C(COC(=O)c1ccc2c(c1)C(=O)N(CCc1ccccc1)C2=O)NCc1ccc(Cl)cc1. The molecule has 0 spiro atoms. The Morgan fingerprint density at radius 1 is 0.853 bits per heavy atom. The molecule has 1 heterocycles. The van der Waals surface area contributed by atoms with Gasteiger partial charge >= 0.3 is 5.97 Å². The minimum Gasteiger partial charge on any atom is -0.452 e. The van der Waals surface area contributed by atoms with Crippen LogP contribution in [0.25, 0.3) is 0 Å². The number of halogens is 1. The van der Waals surface area contributed by atoms with Crippen molar-refractivity contribution in [1.82, 2.24) is 10.2 Å². The van der Waals surface area contributed by atoms with E-state index in [-0.39, 0.29) is 29.8 Å². The number of nitrogens with one attached hydrogen (secondary N) is 1. The Balaban J connectivity index is 1.32. The fourth-order valence-electron chi connectivity index (χ4n) is 3.57. The second-order valence-electron chi connectivity index (χ2n) is 7.74. The molecular formula is C26H21ClN2O5. The van der Waals surface area contributed by atoms with Gasteiger partial charge in [0.05, 0.1) is 16.7 Å². The third-order valence-corrected chi connectivity index (χ3v) is 5.66. The summed E-state index contributed by atoms with van der Waals surface area (Å²) in [5.74, 6) is -2.07. The van der Waals surface area contributed by atoms with E-state index >= 15 is 0 Å². The van der Waals surface area contributed by atoms with Crippen LogP contribution < -0.4 is 5.32 Å². The van der Waals surface area contributed by atoms with Gasteiger partial charge in [-0.3, -0.25) is 19.3 Å². The molecule has 0 radical (unpaired) electrons. The van der Waals surface area contributed by atoms with Crippen LogP contribution in [-0.2, 0) is 22.5 Å². The number of esters is 1. The molecule has 0 unspecified atom stereocenters. The normalized spacial score (nSPS) is 12.4. The van der Waals surface area contributed by atoms with Crippen LogP contribution in [0.15, 0.2) is 72.8 Å². The van der Waals surface area contributed by atoms with Gasteiger partial charge in [-0.25, -0.2) is 4.79 Å². The van der Waals surface area contributed by atoms with E-state index in [1.165, 1.54) is 23.1 Å². The van der Waals surface area contributed by atoms with Crippen molar-refractivity contribution in [1.29, 1.82) is 0 Å². The Morgan fingerprint density at radius 2 is 1.56 bits per heavy atom. The van der Waals surface area contributed by atoms with Gasteiger partial charge in [-0.05, 0) is 47.9 Å². The largest absolute Gasteiger partial charge is 0.452 e. The van der Waals surface area contributed by atoms with Crippen LogP contribution in [0.3, 0.4) is 0 Å². The van der Waals surface area contributed by atoms with Gasteiger partial charge in [0.1, 0.15) is 0 Å². The van der Waals surface area contributed by atoms with Gasteiger partial charge in [0.25, 0.3) is 17.7 Å². The van der Waals surface area contributed by atoms with Crippen molar-refractivity contribution >= 4 is 35.3 Å². The van der Waals surface area contributed by atoms with Crippen LogP contribution in [0.1, 0.15) is 42.2 Å². The zero-order valence-corrected chi connectivity index (χ0v) is 18.9. The topological polar surface area (TPSA) is 92.8 Å². The molecule has 3 aromatic carbocycles. The molecule has 0 bridgehead atoms. The quantitative estimate of drug-likeness (QED) is 0.395. The smallest absolute Gasteiger partial charge is 0.338 e. The molecule has 0 saturated heterocycles. The summed E-state index contributed by atoms with van der Waals surface area (Å²) in [4.78, 5) is 51.1. The summed E-state index contributed by atoms with van der Waals surface area (Å²) in [6, 6.07) is 20.7. The number of carbonyl (C=O) groups excluding carboxylic acids is 4. The molecule has 0 atom stereocenters. The van der Waals surface area contributed by atoms with Crippen molar-refractivity contribution in [3.63, 3.8) is 0 Å². The Morgan fingerprint density at radius 3 is 2.29 bits per heavy atom. The number of nitrogens with zero attached hydrogens (tertiary/aromatic N) is 1. The lowest BCUT2D eigenvalue weighted by Crippen LogP contribution is -2.31. The first-order valence-electron chi connectivity index (χ1n) is 10.6. The van der Waals surface area contributed by atoms with Gasteiger partial charge < -0.3 is 10.1 Å². The summed E-state index contributed by atoms with van der Waals surface area (Å²) in [5.41, 5.74) is 2.35. The van der Waals surface area contributed by atoms with E-state index in [4.69, 9.17) is 16.3 Å². The van der Waals surface area contributed by atoms with Crippen LogP contribution in [-0.4, -0.2) is 41.7 Å². The molecule has 1 N–H and O–H groups in total. The third kappa shape index (κ3) is 5.32. The molecule has 0 aliphatic carbocycles. The second-order valence-corrected chi connectivity index (χ2v) is 8.17. The average Bonchev–Trinajstić information content (AvgIpc) is 3.10. The van der Waals surface area contributed by atoms with E-state index in [1.807, 2.05) is 30.3 Å². The number of rotatable bonds is 8. The monoisotopic (exact) mass is 476 g/mol. The standard InChI is InChI=1S/C26H21ClN2O5/c27-20-9-6-18(7-10-20)15-28-23(30)16-34-26(33)19-8-11-21-22(14-19)25(32)29(24(21)31)13-12-17-4-2-1-3-5-17/h1-11,14H,12-13,15-16H2,(H,28,30). The number of ether oxygens (including phenoxy) is 1. The van der Waals surface area contributed by atoms with Crippen molar-refractivity contribution < 1.29 is 23.9 Å². The molecule has 1 aliphatic rings. The molecule has 4 rings (SSSR count). The number of benzene rings is 3. The van der Waals surface area contributed by atoms with Crippen molar-refractivity contribution in [3.8, 4) is 0 Å². The molecule has 172 valence electrons. The van der Waals surface area contributed by atoms with Crippen LogP contribution in [0.2, 0.25) is 5.02 Å². The predicted octanol–water partition coefficient (Wildman–Crippen LogP) is 3.65. The lowest BCUT2D eigenvalue weighted by Gasteiger charge is -2.13. The molecule has 3 amide bonds. The predicted molar refractivity (Wildman–Crippen MR) is 126 cm³/mol. The number of fused-ring (bicyclic) bond motifs is 1. The maximum absolute atomic E-state index is 12.8. The van der Waals surface area contributed by atoms with Gasteiger partial charge in [0, 0.05) is 18.1 Å². The highest BCUT2D eigenvalue weighted by atomic mass is 35.5. The highest BCUT2D eigenvalue weighted by Crippen LogP contribution is 2.24. The van der Waals surface area contributed by atoms with Crippen molar-refractivity contribution in [3.05, 3.63) is 106 Å². The maximum Gasteiger partial charge on any atom is 0.338 e. The molecular weight excluding hydrogens is 456 g/mol. The van der Waals surface area contributed by atoms with E-state index in [0.29, 0.717) is 11.4 Å². The highest BCUT2D eigenvalue weighted by Gasteiger charge is 2.35. The Bertz CT molecular complexity index is 1240. The zero-order valence-electron chi connectivity index (χ0n) is 18.1. The summed E-state index contributed by atoms with van der Waals surface area (Å²) < 4.78 is 5.07. The van der Waals surface area contributed by atoms with Gasteiger partial charge in [0.2, 0.25) is 0 Å². The Kier molecular flexibility index (Phi) is 7.04. The van der Waals surface area contributed by atoms with Crippen LogP contribution >= 0.6 is 11.6 Å². The van der Waals surface area contributed by atoms with E-state index < -0.39 is 30.3 Å². The number of imide groups is 1. The van der Waals surface area contributed by atoms with Crippen molar-refractivity contribution in [2.24, 2.45) is 0 Å². The summed E-state index contributed by atoms with van der Waals surface area (Å²) in [7, 11) is 0. The van der Waals surface area contributed by atoms with E-state index in [1.54, 1.807) is 24.3 Å². The summed E-state index contributed by atoms with van der Waals surface area (Å²) in [6.45, 7) is 0.0331. The minimum atomic E-state index is -0.757. The maximum atomic E-state index is 12.8. The number of carbonyl (C=O) groups is 4. The van der Waals surface area contributed by atoms with Crippen LogP contribution in [0, 0.1) is 0 Å². The minimum absolute atomic E-state index is 0.0929. The molecule has 34 heavy (non-hydrogen) atoms. The summed E-state index contributed by atoms with van der Waals surface area (Å²) in [6.07, 6.45) is 0.534. The first-order chi connectivity index (χ1) is 16.4. The number of amides is 3. The molecule has 7 nitrogen and oxygen atoms in total. The van der Waals surface area contributed by atoms with Gasteiger partial charge in [0.15, 0.2) is 6.61 Å². The lowest BCUT2D eigenvalue weighted by atomic mass is 10.1. The van der Waals surface area contributed by atoms with Crippen LogP contribution in [0.5, 0.6) is 0 Å². The lowest BCUT2D eigenvalue weighted by molar-refractivity contribution is -0.124. The van der Waals surface area contributed by atoms with Gasteiger partial charge in [-0.15, -0.1) is 0 Å². The van der Waals surface area contributed by atoms with E-state index in [0.717, 1.165) is 11.1 Å². The van der Waals surface area contributed by atoms with Crippen molar-refractivity contribution in [2.45, 2.75) is 13.0 Å². The number of hydrogen-bond donors (Lipinski definition) is 1. The molecule has 0 aromatic heterocycles. The first kappa shape index (κ1) is 23.2. The molecule has 3 aromatic rings. The van der Waals surface area contributed by atoms with E-state index in [9.17, 15) is 19.2 Å². The summed E-state index contributed by atoms with van der Waals surface area (Å²) >= 11 is 5.83. The average molecular weight is 477 g/mol. The molecule has 1 aliphatic heterocycles. The number of hydrogen-bond acceptors (Lipinski definition) is 5. The summed E-state index contributed by atoms with van der Waals surface area (Å²) in [5, 5.41) is 3.24. The molecule has 8 heteroatoms. The zero-order chi connectivity index (χ0) is 24.1. The van der Waals surface area contributed by atoms with Crippen molar-refractivity contribution in [2.75, 3.05) is 13.2 Å². The molecule has 0 saturated carbocycles. The first-order valence-corrected chi connectivity index (χ1v) is 11.0. The molecule has 0 fully saturated rings. The fraction of sp³-hybridized carbons (Fsp3) is 0.154. The fourth-order valence-corrected chi connectivity index (χ4v) is 3.70. The van der Waals surface area contributed by atoms with Crippen LogP contribution in [0.4, 0.5) is 0 Å². The Hall–Kier alpha value is -3.97. The Labute approximate surface area is 201 Å². The van der Waals surface area contributed by atoms with Gasteiger partial charge in [-0.2, -0.15) is 0 Å². The van der Waals surface area contributed by atoms with E-state index in [2.05, 4.69) is 5.32 Å². The highest BCUT2D eigenvalue weighted by molar-refractivity contribution is 6.30.